The molecule has 116 valence electrons. The molecular weight excluding hydrogens is 264 g/mol. The first-order valence-corrected chi connectivity index (χ1v) is 7.78. The largest absolute Gasteiger partial charge is 0.378 e. The van der Waals surface area contributed by atoms with Crippen LogP contribution < -0.4 is 4.90 Å². The van der Waals surface area contributed by atoms with Gasteiger partial charge in [0, 0.05) is 32.7 Å². The summed E-state index contributed by atoms with van der Waals surface area (Å²) in [6.07, 6.45) is 2.69. The predicted octanol–water partition coefficient (Wildman–Crippen LogP) is 2.84. The van der Waals surface area contributed by atoms with Crippen LogP contribution in [-0.4, -0.2) is 44.6 Å². The van der Waals surface area contributed by atoms with E-state index in [4.69, 9.17) is 4.74 Å². The van der Waals surface area contributed by atoms with Crippen LogP contribution in [0.3, 0.4) is 0 Å². The van der Waals surface area contributed by atoms with Crippen molar-refractivity contribution in [1.29, 1.82) is 0 Å². The number of hydrogen-bond acceptors (Lipinski definition) is 3. The van der Waals surface area contributed by atoms with E-state index in [1.807, 2.05) is 19.0 Å². The lowest BCUT2D eigenvalue weighted by Gasteiger charge is -2.33. The summed E-state index contributed by atoms with van der Waals surface area (Å²) in [5, 5.41) is 0. The maximum atomic E-state index is 12.1. The number of carbonyl (C=O) groups excluding carboxylic acids is 1. The van der Waals surface area contributed by atoms with Crippen molar-refractivity contribution in [3.05, 3.63) is 29.8 Å². The van der Waals surface area contributed by atoms with Gasteiger partial charge in [-0.15, -0.1) is 0 Å². The molecule has 0 spiro atoms. The van der Waals surface area contributed by atoms with E-state index in [1.54, 1.807) is 0 Å². The molecule has 0 bridgehead atoms. The van der Waals surface area contributed by atoms with E-state index in [1.165, 1.54) is 5.69 Å². The fourth-order valence-electron chi connectivity index (χ4n) is 2.55. The highest BCUT2D eigenvalue weighted by Crippen LogP contribution is 2.24. The quantitative estimate of drug-likeness (QED) is 0.836. The van der Waals surface area contributed by atoms with E-state index < -0.39 is 0 Å². The molecule has 4 nitrogen and oxygen atoms in total. The Hall–Kier alpha value is -1.55. The molecule has 4 heteroatoms. The van der Waals surface area contributed by atoms with Crippen molar-refractivity contribution >= 4 is 11.6 Å². The van der Waals surface area contributed by atoms with Crippen molar-refractivity contribution in [2.75, 3.05) is 38.7 Å². The second kappa shape index (κ2) is 7.46. The minimum Gasteiger partial charge on any atom is -0.378 e. The van der Waals surface area contributed by atoms with Crippen LogP contribution in [0.4, 0.5) is 5.69 Å². The highest BCUT2D eigenvalue weighted by atomic mass is 16.5. The minimum atomic E-state index is 0.000499. The number of nitrogens with zero attached hydrogens (tertiary/aromatic N) is 2. The maximum absolute atomic E-state index is 12.1. The third-order valence-corrected chi connectivity index (χ3v) is 3.94. The molecule has 21 heavy (non-hydrogen) atoms. The SMILES string of the molecule is CCCCC(=O)N1CCOC(c2ccc(N(C)C)cc2)C1. The van der Waals surface area contributed by atoms with Crippen molar-refractivity contribution in [2.24, 2.45) is 0 Å². The minimum absolute atomic E-state index is 0.000499. The van der Waals surface area contributed by atoms with Gasteiger partial charge < -0.3 is 14.5 Å². The highest BCUT2D eigenvalue weighted by Gasteiger charge is 2.24. The summed E-state index contributed by atoms with van der Waals surface area (Å²) >= 11 is 0. The fourth-order valence-corrected chi connectivity index (χ4v) is 2.55. The van der Waals surface area contributed by atoms with Gasteiger partial charge in [0.25, 0.3) is 0 Å². The van der Waals surface area contributed by atoms with Crippen LogP contribution in [0.2, 0.25) is 0 Å². The van der Waals surface area contributed by atoms with Crippen LogP contribution in [0.25, 0.3) is 0 Å². The molecule has 1 atom stereocenters. The third kappa shape index (κ3) is 4.21. The van der Waals surface area contributed by atoms with Gasteiger partial charge in [-0.05, 0) is 24.1 Å². The predicted molar refractivity (Wildman–Crippen MR) is 85.6 cm³/mol. The van der Waals surface area contributed by atoms with E-state index in [0.29, 0.717) is 19.6 Å². The number of rotatable bonds is 5. The summed E-state index contributed by atoms with van der Waals surface area (Å²) in [5.41, 5.74) is 2.32. The molecule has 0 saturated carbocycles. The third-order valence-electron chi connectivity index (χ3n) is 3.94. The standard InChI is InChI=1S/C17H26N2O2/c1-4-5-6-17(20)19-11-12-21-16(13-19)14-7-9-15(10-8-14)18(2)3/h7-10,16H,4-6,11-13H2,1-3H3. The van der Waals surface area contributed by atoms with Gasteiger partial charge in [-0.3, -0.25) is 4.79 Å². The first-order valence-electron chi connectivity index (χ1n) is 7.78. The van der Waals surface area contributed by atoms with Crippen molar-refractivity contribution < 1.29 is 9.53 Å². The zero-order valence-corrected chi connectivity index (χ0v) is 13.3. The van der Waals surface area contributed by atoms with Gasteiger partial charge in [-0.2, -0.15) is 0 Å². The lowest BCUT2D eigenvalue weighted by molar-refractivity contribution is -0.139. The molecule has 1 fully saturated rings. The Kier molecular flexibility index (Phi) is 5.62. The second-order valence-electron chi connectivity index (χ2n) is 5.79. The molecule has 0 radical (unpaired) electrons. The molecule has 0 aromatic heterocycles. The Balaban J connectivity index is 1.98. The van der Waals surface area contributed by atoms with Crippen molar-refractivity contribution in [3.8, 4) is 0 Å². The summed E-state index contributed by atoms with van der Waals surface area (Å²) in [6.45, 7) is 4.12. The van der Waals surface area contributed by atoms with Gasteiger partial charge in [0.2, 0.25) is 5.91 Å². The average Bonchev–Trinajstić information content (AvgIpc) is 2.52. The number of hydrogen-bond donors (Lipinski definition) is 0. The number of amides is 1. The Morgan fingerprint density at radius 1 is 1.33 bits per heavy atom. The monoisotopic (exact) mass is 290 g/mol. The molecular formula is C17H26N2O2. The Morgan fingerprint density at radius 2 is 2.05 bits per heavy atom. The van der Waals surface area contributed by atoms with E-state index >= 15 is 0 Å². The molecule has 1 saturated heterocycles. The highest BCUT2D eigenvalue weighted by molar-refractivity contribution is 5.76. The lowest BCUT2D eigenvalue weighted by Crippen LogP contribution is -2.42. The number of benzene rings is 1. The number of carbonyl (C=O) groups is 1. The van der Waals surface area contributed by atoms with Crippen molar-refractivity contribution in [1.82, 2.24) is 4.90 Å². The van der Waals surface area contributed by atoms with E-state index in [2.05, 4.69) is 36.1 Å². The summed E-state index contributed by atoms with van der Waals surface area (Å²) in [5.74, 6) is 0.259. The fraction of sp³-hybridized carbons (Fsp3) is 0.588. The van der Waals surface area contributed by atoms with Crippen LogP contribution in [0.1, 0.15) is 37.9 Å². The first kappa shape index (κ1) is 15.8. The van der Waals surface area contributed by atoms with E-state index in [0.717, 1.165) is 24.9 Å². The zero-order valence-electron chi connectivity index (χ0n) is 13.3. The van der Waals surface area contributed by atoms with Gasteiger partial charge in [0.1, 0.15) is 6.10 Å². The van der Waals surface area contributed by atoms with Crippen LogP contribution >= 0.6 is 0 Å². The van der Waals surface area contributed by atoms with Crippen LogP contribution in [-0.2, 0) is 9.53 Å². The van der Waals surface area contributed by atoms with Gasteiger partial charge in [-0.25, -0.2) is 0 Å². The van der Waals surface area contributed by atoms with E-state index in [-0.39, 0.29) is 12.0 Å². The number of anilines is 1. The van der Waals surface area contributed by atoms with Crippen molar-refractivity contribution in [3.63, 3.8) is 0 Å². The smallest absolute Gasteiger partial charge is 0.222 e. The van der Waals surface area contributed by atoms with E-state index in [9.17, 15) is 4.79 Å². The summed E-state index contributed by atoms with van der Waals surface area (Å²) in [4.78, 5) is 16.2. The molecule has 1 unspecified atom stereocenters. The second-order valence-corrected chi connectivity index (χ2v) is 5.79. The molecule has 0 N–H and O–H groups in total. The van der Waals surface area contributed by atoms with Crippen LogP contribution in [0, 0.1) is 0 Å². The van der Waals surface area contributed by atoms with Crippen molar-refractivity contribution in [2.45, 2.75) is 32.3 Å². The number of morpholine rings is 1. The van der Waals surface area contributed by atoms with Gasteiger partial charge in [0.05, 0.1) is 13.2 Å². The Labute approximate surface area is 127 Å². The Morgan fingerprint density at radius 3 is 2.67 bits per heavy atom. The average molecular weight is 290 g/mol. The summed E-state index contributed by atoms with van der Waals surface area (Å²) in [6, 6.07) is 8.38. The molecule has 2 rings (SSSR count). The normalized spacial score (nSPS) is 18.6. The van der Waals surface area contributed by atoms with Gasteiger partial charge in [0.15, 0.2) is 0 Å². The Bertz CT molecular complexity index is 456. The molecule has 1 aromatic rings. The summed E-state index contributed by atoms with van der Waals surface area (Å²) in [7, 11) is 4.06. The molecule has 1 aromatic carbocycles. The maximum Gasteiger partial charge on any atom is 0.222 e. The van der Waals surface area contributed by atoms with Crippen LogP contribution in [0.15, 0.2) is 24.3 Å². The molecule has 0 aliphatic carbocycles. The first-order chi connectivity index (χ1) is 10.1. The molecule has 1 heterocycles. The summed E-state index contributed by atoms with van der Waals surface area (Å²) < 4.78 is 5.84. The zero-order chi connectivity index (χ0) is 15.2. The van der Waals surface area contributed by atoms with Gasteiger partial charge in [-0.1, -0.05) is 25.5 Å². The van der Waals surface area contributed by atoms with Gasteiger partial charge >= 0.3 is 0 Å². The molecule has 1 amide bonds. The topological polar surface area (TPSA) is 32.8 Å². The number of unbranched alkanes of at least 4 members (excludes halogenated alkanes) is 1. The lowest BCUT2D eigenvalue weighted by atomic mass is 10.1. The molecule has 1 aliphatic rings. The number of ether oxygens (including phenoxy) is 1. The molecule has 1 aliphatic heterocycles. The van der Waals surface area contributed by atoms with Crippen LogP contribution in [0.5, 0.6) is 0 Å².